The number of furan rings is 1. The lowest BCUT2D eigenvalue weighted by Gasteiger charge is -2.28. The predicted octanol–water partition coefficient (Wildman–Crippen LogP) is 5.11. The number of carbonyl (C=O) groups is 1. The lowest BCUT2D eigenvalue weighted by Crippen LogP contribution is -2.43. The molecule has 2 aromatic carbocycles. The van der Waals surface area contributed by atoms with E-state index in [1.165, 1.54) is 11.3 Å². The van der Waals surface area contributed by atoms with Crippen LogP contribution in [0, 0.1) is 0 Å². The Morgan fingerprint density at radius 3 is 2.79 bits per heavy atom. The molecule has 2 aromatic heterocycles. The molecule has 5 rings (SSSR count). The van der Waals surface area contributed by atoms with E-state index in [9.17, 15) is 4.79 Å². The van der Waals surface area contributed by atoms with Gasteiger partial charge in [-0.3, -0.25) is 14.6 Å². The Bertz CT molecular complexity index is 1240. The number of aromatic nitrogens is 1. The summed E-state index contributed by atoms with van der Waals surface area (Å²) in [6.45, 7) is 4.25. The lowest BCUT2D eigenvalue weighted by atomic mass is 10.2. The summed E-state index contributed by atoms with van der Waals surface area (Å²) >= 11 is 7.80. The van der Waals surface area contributed by atoms with Gasteiger partial charge >= 0.3 is 0 Å². The van der Waals surface area contributed by atoms with E-state index in [1.807, 2.05) is 24.3 Å². The van der Waals surface area contributed by atoms with Gasteiger partial charge in [0.2, 0.25) is 0 Å². The van der Waals surface area contributed by atoms with Gasteiger partial charge < -0.3 is 13.9 Å². The van der Waals surface area contributed by atoms with Crippen molar-refractivity contribution in [1.82, 2.24) is 9.88 Å². The first-order valence-electron chi connectivity index (χ1n) is 10.4. The molecule has 0 radical (unpaired) electrons. The van der Waals surface area contributed by atoms with Crippen LogP contribution < -0.4 is 9.64 Å². The van der Waals surface area contributed by atoms with Crippen molar-refractivity contribution in [1.29, 1.82) is 0 Å². The molecule has 7 nitrogen and oxygen atoms in total. The maximum atomic E-state index is 13.6. The third-order valence-corrected chi connectivity index (χ3v) is 7.06. The van der Waals surface area contributed by atoms with Crippen LogP contribution in [0.4, 0.5) is 5.13 Å². The number of methoxy groups -OCH3 is 1. The third-order valence-electron chi connectivity index (χ3n) is 5.52. The SMILES string of the molecule is COc1ccc(Cl)c2sc(N(CCN3CCOCC3)C(=O)c3cc4ccccc4o3)nc12.Cl. The smallest absolute Gasteiger partial charge is 0.295 e. The number of hydrogen-bond acceptors (Lipinski definition) is 7. The maximum absolute atomic E-state index is 13.6. The number of fused-ring (bicyclic) bond motifs is 2. The molecule has 0 spiro atoms. The Balaban J connectivity index is 0.00000259. The second kappa shape index (κ2) is 10.3. The highest BCUT2D eigenvalue weighted by atomic mass is 35.5. The van der Waals surface area contributed by atoms with Crippen LogP contribution >= 0.6 is 35.3 Å². The molecule has 10 heteroatoms. The zero-order chi connectivity index (χ0) is 22.1. The van der Waals surface area contributed by atoms with Gasteiger partial charge in [-0.05, 0) is 24.3 Å². The second-order valence-corrected chi connectivity index (χ2v) is 8.87. The number of nitrogens with zero attached hydrogens (tertiary/aromatic N) is 3. The minimum absolute atomic E-state index is 0. The Morgan fingerprint density at radius 1 is 1.24 bits per heavy atom. The van der Waals surface area contributed by atoms with Gasteiger partial charge in [-0.15, -0.1) is 12.4 Å². The first-order chi connectivity index (χ1) is 15.6. The van der Waals surface area contributed by atoms with E-state index in [2.05, 4.69) is 4.90 Å². The van der Waals surface area contributed by atoms with Gasteiger partial charge in [-0.1, -0.05) is 41.1 Å². The fourth-order valence-electron chi connectivity index (χ4n) is 3.79. The number of ether oxygens (including phenoxy) is 2. The number of para-hydroxylation sites is 1. The maximum Gasteiger partial charge on any atom is 0.295 e. The van der Waals surface area contributed by atoms with Crippen LogP contribution in [0.15, 0.2) is 46.9 Å². The summed E-state index contributed by atoms with van der Waals surface area (Å²) in [7, 11) is 1.59. The van der Waals surface area contributed by atoms with E-state index in [0.29, 0.717) is 53.3 Å². The zero-order valence-electron chi connectivity index (χ0n) is 18.0. The normalized spacial score (nSPS) is 14.4. The molecule has 0 unspecified atom stereocenters. The molecule has 0 N–H and O–H groups in total. The number of benzene rings is 2. The van der Waals surface area contributed by atoms with E-state index in [4.69, 9.17) is 30.5 Å². The van der Waals surface area contributed by atoms with Gasteiger partial charge in [0.05, 0.1) is 30.0 Å². The van der Waals surface area contributed by atoms with Gasteiger partial charge in [-0.2, -0.15) is 0 Å². The first-order valence-corrected chi connectivity index (χ1v) is 11.6. The molecule has 1 saturated heterocycles. The zero-order valence-corrected chi connectivity index (χ0v) is 20.3. The fourth-order valence-corrected chi connectivity index (χ4v) is 5.07. The summed E-state index contributed by atoms with van der Waals surface area (Å²) in [6.07, 6.45) is 0. The van der Waals surface area contributed by atoms with Gasteiger partial charge in [0.15, 0.2) is 10.9 Å². The highest BCUT2D eigenvalue weighted by Gasteiger charge is 2.26. The van der Waals surface area contributed by atoms with Crippen molar-refractivity contribution in [3.8, 4) is 5.75 Å². The number of hydrogen-bond donors (Lipinski definition) is 0. The summed E-state index contributed by atoms with van der Waals surface area (Å²) < 4.78 is 17.6. The number of morpholine rings is 1. The van der Waals surface area contributed by atoms with Crippen LogP contribution in [0.25, 0.3) is 21.2 Å². The molecule has 0 saturated carbocycles. The van der Waals surface area contributed by atoms with Crippen LogP contribution in [-0.2, 0) is 4.74 Å². The predicted molar refractivity (Wildman–Crippen MR) is 134 cm³/mol. The van der Waals surface area contributed by atoms with E-state index in [-0.39, 0.29) is 24.1 Å². The molecule has 1 fully saturated rings. The number of thiazole rings is 1. The van der Waals surface area contributed by atoms with Crippen LogP contribution in [0.1, 0.15) is 10.6 Å². The van der Waals surface area contributed by atoms with Crippen molar-refractivity contribution in [2.24, 2.45) is 0 Å². The Kier molecular flexibility index (Phi) is 7.41. The summed E-state index contributed by atoms with van der Waals surface area (Å²) in [5, 5.41) is 2.02. The Morgan fingerprint density at radius 2 is 2.03 bits per heavy atom. The van der Waals surface area contributed by atoms with Crippen molar-refractivity contribution in [2.75, 3.05) is 51.4 Å². The molecule has 1 amide bonds. The molecule has 0 aliphatic carbocycles. The largest absolute Gasteiger partial charge is 0.494 e. The molecule has 33 heavy (non-hydrogen) atoms. The summed E-state index contributed by atoms with van der Waals surface area (Å²) in [6, 6.07) is 12.9. The van der Waals surface area contributed by atoms with Gasteiger partial charge in [0, 0.05) is 31.6 Å². The quantitative estimate of drug-likeness (QED) is 0.361. The Labute approximate surface area is 206 Å². The number of halogens is 2. The standard InChI is InChI=1S/C23H22ClN3O4S.ClH/c1-29-18-7-6-16(24)21-20(18)25-23(32-21)27(9-8-26-10-12-30-13-11-26)22(28)19-14-15-4-2-3-5-17(15)31-19;/h2-7,14H,8-13H2,1H3;1H. The summed E-state index contributed by atoms with van der Waals surface area (Å²) in [5.74, 6) is 0.672. The molecule has 1 aliphatic heterocycles. The first kappa shape index (κ1) is 23.8. The van der Waals surface area contributed by atoms with Gasteiger partial charge in [-0.25, -0.2) is 4.98 Å². The van der Waals surface area contributed by atoms with Crippen molar-refractivity contribution in [3.05, 3.63) is 53.2 Å². The Hall–Kier alpha value is -2.36. The van der Waals surface area contributed by atoms with E-state index in [0.717, 1.165) is 23.2 Å². The molecular weight excluding hydrogens is 485 g/mol. The highest BCUT2D eigenvalue weighted by molar-refractivity contribution is 7.23. The van der Waals surface area contributed by atoms with Crippen molar-refractivity contribution in [2.45, 2.75) is 0 Å². The monoisotopic (exact) mass is 507 g/mol. The van der Waals surface area contributed by atoms with Crippen LogP contribution in [0.5, 0.6) is 5.75 Å². The number of rotatable bonds is 6. The van der Waals surface area contributed by atoms with E-state index >= 15 is 0 Å². The number of amides is 1. The third kappa shape index (κ3) is 4.81. The average molecular weight is 508 g/mol. The molecular formula is C23H23Cl2N3O4S. The number of carbonyl (C=O) groups excluding carboxylic acids is 1. The van der Waals surface area contributed by atoms with Gasteiger partial charge in [0.1, 0.15) is 16.8 Å². The fraction of sp³-hybridized carbons (Fsp3) is 0.304. The van der Waals surface area contributed by atoms with E-state index < -0.39 is 0 Å². The second-order valence-electron chi connectivity index (χ2n) is 7.48. The number of anilines is 1. The van der Waals surface area contributed by atoms with Gasteiger partial charge in [0.25, 0.3) is 5.91 Å². The topological polar surface area (TPSA) is 68.0 Å². The van der Waals surface area contributed by atoms with Crippen LogP contribution in [0.2, 0.25) is 5.02 Å². The van der Waals surface area contributed by atoms with E-state index in [1.54, 1.807) is 30.2 Å². The van der Waals surface area contributed by atoms with Crippen molar-refractivity contribution in [3.63, 3.8) is 0 Å². The molecule has 0 atom stereocenters. The highest BCUT2D eigenvalue weighted by Crippen LogP contribution is 2.39. The van der Waals surface area contributed by atoms with Crippen LogP contribution in [-0.4, -0.2) is 62.3 Å². The molecule has 3 heterocycles. The average Bonchev–Trinajstić information content (AvgIpc) is 3.45. The molecule has 1 aliphatic rings. The summed E-state index contributed by atoms with van der Waals surface area (Å²) in [4.78, 5) is 22.3. The minimum Gasteiger partial charge on any atom is -0.494 e. The minimum atomic E-state index is -0.233. The molecule has 4 aromatic rings. The molecule has 174 valence electrons. The van der Waals surface area contributed by atoms with Crippen molar-refractivity contribution < 1.29 is 18.7 Å². The summed E-state index contributed by atoms with van der Waals surface area (Å²) in [5.41, 5.74) is 1.33. The van der Waals surface area contributed by atoms with Crippen LogP contribution in [0.3, 0.4) is 0 Å². The molecule has 0 bridgehead atoms. The lowest BCUT2D eigenvalue weighted by molar-refractivity contribution is 0.0390. The van der Waals surface area contributed by atoms with Crippen molar-refractivity contribution >= 4 is 67.6 Å².